The second-order valence-corrected chi connectivity index (χ2v) is 7.93. The van der Waals surface area contributed by atoms with Gasteiger partial charge in [-0.05, 0) is 25.1 Å². The van der Waals surface area contributed by atoms with Crippen molar-refractivity contribution < 1.29 is 27.7 Å². The third-order valence-corrected chi connectivity index (χ3v) is 5.33. The first kappa shape index (κ1) is 20.2. The number of nitrogens with zero attached hydrogens (tertiary/aromatic N) is 3. The molecule has 29 heavy (non-hydrogen) atoms. The molecular weight excluding hydrogens is 404 g/mol. The Hall–Kier alpha value is -3.54. The fraction of sp³-hybridized carbons (Fsp3) is 0.235. The molecule has 1 aromatic carbocycles. The molecule has 0 saturated carbocycles. The van der Waals surface area contributed by atoms with Crippen molar-refractivity contribution in [1.82, 2.24) is 4.90 Å². The second kappa shape index (κ2) is 7.83. The number of anilines is 1. The lowest BCUT2D eigenvalue weighted by Crippen LogP contribution is -2.37. The largest absolute Gasteiger partial charge is 0.452 e. The summed E-state index contributed by atoms with van der Waals surface area (Å²) < 4.78 is 31.5. The van der Waals surface area contributed by atoms with Crippen LogP contribution in [0.1, 0.15) is 5.56 Å². The molecule has 2 aliphatic rings. The lowest BCUT2D eigenvalue weighted by Gasteiger charge is -2.26. The smallest absolute Gasteiger partial charge is 0.340 e. The number of carbonyl (C=O) groups is 2. The van der Waals surface area contributed by atoms with E-state index < -0.39 is 33.4 Å². The highest BCUT2D eigenvalue weighted by atomic mass is 32.2. The lowest BCUT2D eigenvalue weighted by molar-refractivity contribution is -0.385. The number of esters is 1. The highest BCUT2D eigenvalue weighted by Gasteiger charge is 2.25. The van der Waals surface area contributed by atoms with Crippen LogP contribution in [0.5, 0.6) is 0 Å². The van der Waals surface area contributed by atoms with Gasteiger partial charge in [0, 0.05) is 18.8 Å². The predicted molar refractivity (Wildman–Crippen MR) is 103 cm³/mol. The predicted octanol–water partition coefficient (Wildman–Crippen LogP) is 0.883. The summed E-state index contributed by atoms with van der Waals surface area (Å²) in [4.78, 5) is 36.1. The molecule has 0 bridgehead atoms. The molecule has 3 rings (SSSR count). The van der Waals surface area contributed by atoms with Crippen molar-refractivity contribution in [3.8, 4) is 0 Å². The first-order valence-electron chi connectivity index (χ1n) is 8.36. The van der Waals surface area contributed by atoms with Gasteiger partial charge in [0.1, 0.15) is 5.84 Å². The Kier molecular flexibility index (Phi) is 5.46. The zero-order valence-electron chi connectivity index (χ0n) is 15.2. The molecule has 0 aromatic heterocycles. The molecule has 0 radical (unpaired) electrons. The van der Waals surface area contributed by atoms with E-state index in [4.69, 9.17) is 4.74 Å². The van der Waals surface area contributed by atoms with E-state index in [0.29, 0.717) is 0 Å². The molecule has 0 atom stereocenters. The van der Waals surface area contributed by atoms with E-state index in [1.54, 1.807) is 0 Å². The third kappa shape index (κ3) is 4.66. The molecule has 0 spiro atoms. The highest BCUT2D eigenvalue weighted by molar-refractivity contribution is 7.90. The van der Waals surface area contributed by atoms with Gasteiger partial charge in [-0.25, -0.2) is 13.2 Å². The standard InChI is InChI=1S/C17H16N4O7S/c1-11-13(3-2-4-14(11)21(24)25)18-16(22)10-28-17(23)12-5-6-15-19-29(26,27)8-7-20(15)9-12/h2-6,9H,7-8,10H2,1H3,(H,18,22). The lowest BCUT2D eigenvalue weighted by atomic mass is 10.1. The molecule has 0 aliphatic carbocycles. The van der Waals surface area contributed by atoms with Crippen molar-refractivity contribution in [2.24, 2.45) is 4.40 Å². The number of rotatable bonds is 5. The van der Waals surface area contributed by atoms with Crippen LogP contribution in [0.3, 0.4) is 0 Å². The molecule has 0 unspecified atom stereocenters. The fourth-order valence-electron chi connectivity index (χ4n) is 2.68. The average molecular weight is 420 g/mol. The number of hydrogen-bond acceptors (Lipinski definition) is 8. The molecule has 1 aromatic rings. The van der Waals surface area contributed by atoms with Crippen LogP contribution < -0.4 is 5.32 Å². The number of nitrogens with one attached hydrogen (secondary N) is 1. The van der Waals surface area contributed by atoms with Gasteiger partial charge in [0.2, 0.25) is 0 Å². The molecule has 11 nitrogen and oxygen atoms in total. The number of fused-ring (bicyclic) bond motifs is 1. The number of nitro groups is 1. The first-order chi connectivity index (χ1) is 13.7. The summed E-state index contributed by atoms with van der Waals surface area (Å²) in [5, 5.41) is 13.4. The molecule has 1 amide bonds. The maximum atomic E-state index is 12.2. The number of carbonyl (C=O) groups excluding carboxylic acids is 2. The first-order valence-corrected chi connectivity index (χ1v) is 9.97. The van der Waals surface area contributed by atoms with E-state index in [1.165, 1.54) is 48.4 Å². The van der Waals surface area contributed by atoms with Crippen molar-refractivity contribution in [3.63, 3.8) is 0 Å². The van der Waals surface area contributed by atoms with Gasteiger partial charge in [0.05, 0.1) is 27.5 Å². The Balaban J connectivity index is 1.60. The van der Waals surface area contributed by atoms with Gasteiger partial charge in [-0.2, -0.15) is 0 Å². The van der Waals surface area contributed by atoms with E-state index in [-0.39, 0.29) is 40.6 Å². The number of amidine groups is 1. The summed E-state index contributed by atoms with van der Waals surface area (Å²) in [5.41, 5.74) is 0.509. The van der Waals surface area contributed by atoms with Gasteiger partial charge >= 0.3 is 5.97 Å². The van der Waals surface area contributed by atoms with Gasteiger partial charge in [0.15, 0.2) is 6.61 Å². The Bertz CT molecular complexity index is 1090. The number of amides is 1. The maximum Gasteiger partial charge on any atom is 0.340 e. The molecule has 2 heterocycles. The molecular formula is C17H16N4O7S. The average Bonchev–Trinajstić information content (AvgIpc) is 2.66. The van der Waals surface area contributed by atoms with Gasteiger partial charge in [-0.15, -0.1) is 4.40 Å². The molecule has 2 aliphatic heterocycles. The highest BCUT2D eigenvalue weighted by Crippen LogP contribution is 2.25. The minimum atomic E-state index is -3.50. The molecule has 0 saturated heterocycles. The van der Waals surface area contributed by atoms with Crippen molar-refractivity contribution in [1.29, 1.82) is 0 Å². The summed E-state index contributed by atoms with van der Waals surface area (Å²) >= 11 is 0. The summed E-state index contributed by atoms with van der Waals surface area (Å²) in [6.07, 6.45) is 4.12. The quantitative estimate of drug-likeness (QED) is 0.419. The number of ether oxygens (including phenoxy) is 1. The fourth-order valence-corrected chi connectivity index (χ4v) is 3.65. The zero-order chi connectivity index (χ0) is 21.2. The van der Waals surface area contributed by atoms with E-state index >= 15 is 0 Å². The van der Waals surface area contributed by atoms with Crippen LogP contribution in [-0.4, -0.2) is 54.9 Å². The third-order valence-electron chi connectivity index (χ3n) is 4.17. The number of nitro benzene ring substituents is 1. The van der Waals surface area contributed by atoms with Crippen LogP contribution in [0, 0.1) is 17.0 Å². The Morgan fingerprint density at radius 1 is 1.34 bits per heavy atom. The summed E-state index contributed by atoms with van der Waals surface area (Å²) in [5.74, 6) is -1.41. The van der Waals surface area contributed by atoms with Crippen LogP contribution in [-0.2, 0) is 24.3 Å². The van der Waals surface area contributed by atoms with Crippen molar-refractivity contribution in [3.05, 3.63) is 57.8 Å². The Labute approximate surface area is 165 Å². The van der Waals surface area contributed by atoms with E-state index in [0.717, 1.165) is 0 Å². The van der Waals surface area contributed by atoms with Crippen molar-refractivity contribution in [2.45, 2.75) is 6.92 Å². The number of sulfonamides is 1. The van der Waals surface area contributed by atoms with Crippen molar-refractivity contribution in [2.75, 3.05) is 24.2 Å². The van der Waals surface area contributed by atoms with E-state index in [9.17, 15) is 28.1 Å². The van der Waals surface area contributed by atoms with Gasteiger partial charge in [0.25, 0.3) is 21.6 Å². The maximum absolute atomic E-state index is 12.2. The summed E-state index contributed by atoms with van der Waals surface area (Å²) in [6.45, 7) is 1.05. The number of benzene rings is 1. The minimum Gasteiger partial charge on any atom is -0.452 e. The summed E-state index contributed by atoms with van der Waals surface area (Å²) in [7, 11) is -3.50. The number of hydrogen-bond donors (Lipinski definition) is 1. The van der Waals surface area contributed by atoms with Crippen LogP contribution in [0.15, 0.2) is 46.5 Å². The molecule has 1 N–H and O–H groups in total. The molecule has 152 valence electrons. The van der Waals surface area contributed by atoms with Crippen molar-refractivity contribution >= 4 is 39.1 Å². The van der Waals surface area contributed by atoms with Gasteiger partial charge in [-0.1, -0.05) is 6.07 Å². The van der Waals surface area contributed by atoms with Crippen LogP contribution in [0.2, 0.25) is 0 Å². The Morgan fingerprint density at radius 3 is 2.83 bits per heavy atom. The van der Waals surface area contributed by atoms with Gasteiger partial charge < -0.3 is 15.0 Å². The van der Waals surface area contributed by atoms with Crippen LogP contribution >= 0.6 is 0 Å². The minimum absolute atomic E-state index is 0.127. The monoisotopic (exact) mass is 420 g/mol. The zero-order valence-corrected chi connectivity index (χ0v) is 16.0. The second-order valence-electron chi connectivity index (χ2n) is 6.18. The topological polar surface area (TPSA) is 148 Å². The van der Waals surface area contributed by atoms with Gasteiger partial charge in [-0.3, -0.25) is 14.9 Å². The normalized spacial score (nSPS) is 16.9. The van der Waals surface area contributed by atoms with E-state index in [2.05, 4.69) is 9.71 Å². The van der Waals surface area contributed by atoms with Crippen LogP contribution in [0.4, 0.5) is 11.4 Å². The molecule has 12 heteroatoms. The summed E-state index contributed by atoms with van der Waals surface area (Å²) in [6, 6.07) is 4.25. The SMILES string of the molecule is Cc1c(NC(=O)COC(=O)C2=CN3CCS(=O)(=O)N=C3C=C2)cccc1[N+](=O)[O-]. The van der Waals surface area contributed by atoms with E-state index in [1.807, 2.05) is 0 Å². The molecule has 0 fully saturated rings. The Morgan fingerprint density at radius 2 is 2.10 bits per heavy atom. The van der Waals surface area contributed by atoms with Crippen LogP contribution in [0.25, 0.3) is 0 Å².